The van der Waals surface area contributed by atoms with E-state index in [0.29, 0.717) is 5.92 Å². The Morgan fingerprint density at radius 1 is 0.448 bits per heavy atom. The molecule has 0 radical (unpaired) electrons. The van der Waals surface area contributed by atoms with Crippen molar-refractivity contribution in [1.82, 2.24) is 0 Å². The van der Waals surface area contributed by atoms with Crippen LogP contribution in [0, 0.1) is 11.8 Å². The molecule has 2 saturated carbocycles. The predicted molar refractivity (Wildman–Crippen MR) is 244 cm³/mol. The van der Waals surface area contributed by atoms with Gasteiger partial charge in [0.15, 0.2) is 0 Å². The van der Waals surface area contributed by atoms with Gasteiger partial charge in [-0.3, -0.25) is 0 Å². The van der Waals surface area contributed by atoms with Gasteiger partial charge in [0.05, 0.1) is 5.69 Å². The van der Waals surface area contributed by atoms with Crippen LogP contribution in [0.5, 0.6) is 0 Å². The van der Waals surface area contributed by atoms with Crippen LogP contribution < -0.4 is 9.80 Å². The molecule has 3 unspecified atom stereocenters. The number of para-hydroxylation sites is 2. The molecule has 3 aliphatic rings. The van der Waals surface area contributed by atoms with Crippen molar-refractivity contribution in [2.45, 2.75) is 50.4 Å². The van der Waals surface area contributed by atoms with Crippen molar-refractivity contribution in [3.05, 3.63) is 216 Å². The van der Waals surface area contributed by atoms with Crippen molar-refractivity contribution in [3.8, 4) is 11.1 Å². The summed E-state index contributed by atoms with van der Waals surface area (Å²) in [7, 11) is 0. The van der Waals surface area contributed by atoms with Gasteiger partial charge in [-0.15, -0.1) is 0 Å². The Labute approximate surface area is 343 Å². The summed E-state index contributed by atoms with van der Waals surface area (Å²) in [5, 5.41) is 2.50. The molecular weight excluding hydrogens is 701 g/mol. The van der Waals surface area contributed by atoms with E-state index in [1.165, 1.54) is 98.3 Å². The van der Waals surface area contributed by atoms with Crippen LogP contribution in [0.2, 0.25) is 0 Å². The minimum Gasteiger partial charge on any atom is -0.310 e. The lowest BCUT2D eigenvalue weighted by molar-refractivity contribution is 0.320. The normalized spacial score (nSPS) is 19.8. The molecule has 58 heavy (non-hydrogen) atoms. The molecular formula is C56H48N2. The van der Waals surface area contributed by atoms with Crippen LogP contribution in [0.3, 0.4) is 0 Å². The number of fused-ring (bicyclic) bond motifs is 6. The largest absolute Gasteiger partial charge is 0.310 e. The van der Waals surface area contributed by atoms with Crippen LogP contribution in [0.4, 0.5) is 34.1 Å². The second-order valence-corrected chi connectivity index (χ2v) is 17.4. The highest BCUT2D eigenvalue weighted by atomic mass is 15.1. The SMILES string of the molecule is CC1(C)c2ccccc2-c2ccc(N(c3ccccc3)c3ccc(C4(c5ccc(N(c6ccccc6)c6cccc7ccccc67)cc5)CC5CCC4C5)cc3)cc21. The van der Waals surface area contributed by atoms with E-state index in [-0.39, 0.29) is 10.8 Å². The molecule has 0 aliphatic heterocycles. The topological polar surface area (TPSA) is 6.48 Å². The van der Waals surface area contributed by atoms with Gasteiger partial charge < -0.3 is 9.80 Å². The van der Waals surface area contributed by atoms with Crippen molar-refractivity contribution in [2.75, 3.05) is 9.80 Å². The zero-order valence-corrected chi connectivity index (χ0v) is 33.4. The summed E-state index contributed by atoms with van der Waals surface area (Å²) in [6.45, 7) is 4.74. The van der Waals surface area contributed by atoms with E-state index in [2.05, 4.69) is 218 Å². The third-order valence-electron chi connectivity index (χ3n) is 14.0. The highest BCUT2D eigenvalue weighted by molar-refractivity contribution is 5.99. The number of nitrogens with zero attached hydrogens (tertiary/aromatic N) is 2. The second kappa shape index (κ2) is 13.6. The molecule has 0 N–H and O–H groups in total. The molecule has 11 rings (SSSR count). The maximum Gasteiger partial charge on any atom is 0.0540 e. The maximum absolute atomic E-state index is 2.46. The van der Waals surface area contributed by atoms with Crippen molar-refractivity contribution in [2.24, 2.45) is 11.8 Å². The van der Waals surface area contributed by atoms with Crippen LogP contribution in [0.1, 0.15) is 61.8 Å². The van der Waals surface area contributed by atoms with Gasteiger partial charge in [0.1, 0.15) is 0 Å². The molecule has 3 aliphatic carbocycles. The summed E-state index contributed by atoms with van der Waals surface area (Å²) in [4.78, 5) is 4.86. The van der Waals surface area contributed by atoms with Gasteiger partial charge in [-0.2, -0.15) is 0 Å². The van der Waals surface area contributed by atoms with Gasteiger partial charge in [0.25, 0.3) is 0 Å². The lowest BCUT2D eigenvalue weighted by Crippen LogP contribution is -2.34. The lowest BCUT2D eigenvalue weighted by Gasteiger charge is -2.40. The van der Waals surface area contributed by atoms with Gasteiger partial charge in [-0.25, -0.2) is 0 Å². The molecule has 0 saturated heterocycles. The smallest absolute Gasteiger partial charge is 0.0540 e. The maximum atomic E-state index is 2.46. The first-order chi connectivity index (χ1) is 28.5. The van der Waals surface area contributed by atoms with Crippen LogP contribution in [-0.4, -0.2) is 0 Å². The second-order valence-electron chi connectivity index (χ2n) is 17.4. The molecule has 0 heterocycles. The van der Waals surface area contributed by atoms with Crippen molar-refractivity contribution >= 4 is 44.9 Å². The average molecular weight is 749 g/mol. The van der Waals surface area contributed by atoms with Crippen LogP contribution in [0.25, 0.3) is 21.9 Å². The molecule has 2 nitrogen and oxygen atoms in total. The Balaban J connectivity index is 0.983. The minimum atomic E-state index is -0.0646. The Hall–Kier alpha value is -6.38. The summed E-state index contributed by atoms with van der Waals surface area (Å²) >= 11 is 0. The molecule has 0 amide bonds. The molecule has 8 aromatic carbocycles. The number of benzene rings is 8. The van der Waals surface area contributed by atoms with E-state index >= 15 is 0 Å². The van der Waals surface area contributed by atoms with E-state index in [1.54, 1.807) is 0 Å². The van der Waals surface area contributed by atoms with E-state index < -0.39 is 0 Å². The van der Waals surface area contributed by atoms with E-state index in [4.69, 9.17) is 0 Å². The fourth-order valence-electron chi connectivity index (χ4n) is 11.3. The Kier molecular flexibility index (Phi) is 8.19. The molecule has 282 valence electrons. The van der Waals surface area contributed by atoms with Crippen LogP contribution in [0.15, 0.2) is 194 Å². The molecule has 2 heteroatoms. The standard InChI is InChI=1S/C56H48N2/c1-55(2)52-22-12-11-21-50(52)51-35-34-48(37-53(51)55)57(44-16-5-3-6-17-44)46-30-26-41(27-31-46)56(38-39-24-25-43(56)36-39)42-28-32-47(33-29-42)58(45-18-7-4-8-19-45)54-23-13-15-40-14-9-10-20-49(40)54/h3-23,26-35,37,39,43H,24-25,36,38H2,1-2H3. The fraction of sp³-hybridized carbons (Fsp3) is 0.179. The molecule has 0 aromatic heterocycles. The summed E-state index contributed by atoms with van der Waals surface area (Å²) < 4.78 is 0. The first-order valence-corrected chi connectivity index (χ1v) is 21.1. The number of anilines is 6. The Bertz CT molecular complexity index is 2760. The predicted octanol–water partition coefficient (Wildman–Crippen LogP) is 15.2. The third-order valence-corrected chi connectivity index (χ3v) is 14.0. The highest BCUT2D eigenvalue weighted by Crippen LogP contribution is 2.60. The van der Waals surface area contributed by atoms with Gasteiger partial charge in [-0.05, 0) is 137 Å². The third kappa shape index (κ3) is 5.46. The van der Waals surface area contributed by atoms with E-state index in [1.807, 2.05) is 0 Å². The van der Waals surface area contributed by atoms with Crippen LogP contribution in [-0.2, 0) is 10.8 Å². The van der Waals surface area contributed by atoms with Crippen molar-refractivity contribution in [1.29, 1.82) is 0 Å². The van der Waals surface area contributed by atoms with Crippen molar-refractivity contribution in [3.63, 3.8) is 0 Å². The number of hydrogen-bond donors (Lipinski definition) is 0. The molecule has 0 spiro atoms. The fourth-order valence-corrected chi connectivity index (χ4v) is 11.3. The lowest BCUT2D eigenvalue weighted by atomic mass is 9.64. The minimum absolute atomic E-state index is 0.00204. The summed E-state index contributed by atoms with van der Waals surface area (Å²) in [6.07, 6.45) is 5.18. The number of rotatable bonds is 8. The zero-order chi connectivity index (χ0) is 38.8. The Morgan fingerprint density at radius 3 is 1.67 bits per heavy atom. The van der Waals surface area contributed by atoms with E-state index in [9.17, 15) is 0 Å². The monoisotopic (exact) mass is 748 g/mol. The summed E-state index contributed by atoms with van der Waals surface area (Å²) in [5.74, 6) is 1.42. The Morgan fingerprint density at radius 2 is 1.00 bits per heavy atom. The first-order valence-electron chi connectivity index (χ1n) is 21.1. The molecule has 3 atom stereocenters. The van der Waals surface area contributed by atoms with Gasteiger partial charge in [0.2, 0.25) is 0 Å². The van der Waals surface area contributed by atoms with Gasteiger partial charge in [-0.1, -0.05) is 148 Å². The number of hydrogen-bond acceptors (Lipinski definition) is 2. The van der Waals surface area contributed by atoms with Gasteiger partial charge >= 0.3 is 0 Å². The van der Waals surface area contributed by atoms with Crippen molar-refractivity contribution < 1.29 is 0 Å². The summed E-state index contributed by atoms with van der Waals surface area (Å²) in [6, 6.07) is 72.4. The molecule has 2 bridgehead atoms. The van der Waals surface area contributed by atoms with Crippen LogP contribution >= 0.6 is 0 Å². The molecule has 2 fully saturated rings. The quantitative estimate of drug-likeness (QED) is 0.153. The van der Waals surface area contributed by atoms with E-state index in [0.717, 1.165) is 11.6 Å². The highest BCUT2D eigenvalue weighted by Gasteiger charge is 2.52. The zero-order valence-electron chi connectivity index (χ0n) is 33.4. The summed E-state index contributed by atoms with van der Waals surface area (Å²) in [5.41, 5.74) is 15.4. The average Bonchev–Trinajstić information content (AvgIpc) is 3.97. The van der Waals surface area contributed by atoms with Gasteiger partial charge in [0, 0.05) is 44.7 Å². The first kappa shape index (κ1) is 34.8. The molecule has 8 aromatic rings.